The van der Waals surface area contributed by atoms with Gasteiger partial charge in [-0.2, -0.15) is 0 Å². The number of nitrogens with one attached hydrogen (secondary N) is 1. The number of methoxy groups -OCH3 is 1. The molecular weight excluding hydrogens is 214 g/mol. The molecule has 0 aliphatic rings. The van der Waals surface area contributed by atoms with Crippen LogP contribution in [0.1, 0.15) is 31.4 Å². The zero-order chi connectivity index (χ0) is 12.9. The van der Waals surface area contributed by atoms with Gasteiger partial charge in [0.05, 0.1) is 7.11 Å². The first-order valence-corrected chi connectivity index (χ1v) is 6.09. The summed E-state index contributed by atoms with van der Waals surface area (Å²) in [4.78, 5) is 0. The van der Waals surface area contributed by atoms with Gasteiger partial charge in [0.2, 0.25) is 0 Å². The number of ether oxygens (including phenoxy) is 1. The van der Waals surface area contributed by atoms with Crippen LogP contribution in [0.5, 0.6) is 5.75 Å². The molecule has 17 heavy (non-hydrogen) atoms. The molecule has 3 nitrogen and oxygen atoms in total. The van der Waals surface area contributed by atoms with Crippen molar-refractivity contribution in [2.75, 3.05) is 20.2 Å². The maximum absolute atomic E-state index is 10.5. The van der Waals surface area contributed by atoms with Crippen molar-refractivity contribution in [1.29, 1.82) is 0 Å². The van der Waals surface area contributed by atoms with Crippen LogP contribution in [0.2, 0.25) is 0 Å². The Balaban J connectivity index is 2.91. The Kier molecular flexibility index (Phi) is 4.97. The van der Waals surface area contributed by atoms with Crippen LogP contribution in [-0.2, 0) is 5.60 Å². The molecule has 3 heteroatoms. The first kappa shape index (κ1) is 14.0. The number of hydrogen-bond acceptors (Lipinski definition) is 3. The van der Waals surface area contributed by atoms with Gasteiger partial charge in [0.25, 0.3) is 0 Å². The van der Waals surface area contributed by atoms with Crippen molar-refractivity contribution < 1.29 is 9.84 Å². The summed E-state index contributed by atoms with van der Waals surface area (Å²) in [5.74, 6) is 0.735. The average molecular weight is 237 g/mol. The minimum atomic E-state index is -0.910. The number of benzene rings is 1. The fraction of sp³-hybridized carbons (Fsp3) is 0.571. The lowest BCUT2D eigenvalue weighted by atomic mass is 9.93. The molecule has 0 saturated carbocycles. The lowest BCUT2D eigenvalue weighted by Gasteiger charge is -2.26. The summed E-state index contributed by atoms with van der Waals surface area (Å²) < 4.78 is 5.31. The number of hydrogen-bond donors (Lipinski definition) is 2. The van der Waals surface area contributed by atoms with Crippen molar-refractivity contribution in [2.45, 2.75) is 32.8 Å². The maximum atomic E-state index is 10.5. The largest absolute Gasteiger partial charge is 0.496 e. The lowest BCUT2D eigenvalue weighted by Crippen LogP contribution is -2.36. The monoisotopic (exact) mass is 237 g/mol. The highest BCUT2D eigenvalue weighted by Crippen LogP contribution is 2.30. The molecule has 1 atom stereocenters. The molecule has 0 saturated heterocycles. The van der Waals surface area contributed by atoms with E-state index in [2.05, 4.69) is 12.2 Å². The van der Waals surface area contributed by atoms with Gasteiger partial charge < -0.3 is 15.2 Å². The molecule has 0 spiro atoms. The van der Waals surface area contributed by atoms with E-state index in [4.69, 9.17) is 4.74 Å². The first-order chi connectivity index (χ1) is 8.01. The Bertz CT molecular complexity index is 361. The second-order valence-electron chi connectivity index (χ2n) is 4.65. The fourth-order valence-corrected chi connectivity index (χ4v) is 1.85. The maximum Gasteiger partial charge on any atom is 0.125 e. The molecule has 0 bridgehead atoms. The van der Waals surface area contributed by atoms with Crippen LogP contribution in [0.15, 0.2) is 18.2 Å². The zero-order valence-electron chi connectivity index (χ0n) is 11.2. The van der Waals surface area contributed by atoms with Crippen LogP contribution in [0.3, 0.4) is 0 Å². The standard InChI is InChI=1S/C14H23NO2/c1-5-8-15-10-14(3,16)12-9-11(2)6-7-13(12)17-4/h6-7,9,15-16H,5,8,10H2,1-4H3. The third-order valence-corrected chi connectivity index (χ3v) is 2.83. The van der Waals surface area contributed by atoms with E-state index < -0.39 is 5.60 Å². The summed E-state index contributed by atoms with van der Waals surface area (Å²) >= 11 is 0. The summed E-state index contributed by atoms with van der Waals surface area (Å²) in [5.41, 5.74) is 1.05. The summed E-state index contributed by atoms with van der Waals surface area (Å²) in [6, 6.07) is 5.86. The summed E-state index contributed by atoms with van der Waals surface area (Å²) in [7, 11) is 1.63. The molecule has 2 N–H and O–H groups in total. The quantitative estimate of drug-likeness (QED) is 0.745. The Hall–Kier alpha value is -1.06. The van der Waals surface area contributed by atoms with E-state index in [-0.39, 0.29) is 0 Å². The van der Waals surface area contributed by atoms with Gasteiger partial charge in [-0.25, -0.2) is 0 Å². The molecule has 1 rings (SSSR count). The molecule has 1 aromatic carbocycles. The highest BCUT2D eigenvalue weighted by atomic mass is 16.5. The molecule has 0 fully saturated rings. The Morgan fingerprint density at radius 3 is 2.71 bits per heavy atom. The summed E-state index contributed by atoms with van der Waals surface area (Å²) in [6.07, 6.45) is 1.06. The zero-order valence-corrected chi connectivity index (χ0v) is 11.2. The van der Waals surface area contributed by atoms with Gasteiger partial charge in [-0.1, -0.05) is 18.6 Å². The summed E-state index contributed by atoms with van der Waals surface area (Å²) in [6.45, 7) is 7.37. The van der Waals surface area contributed by atoms with Crippen LogP contribution in [0.4, 0.5) is 0 Å². The predicted octanol–water partition coefficient (Wildman–Crippen LogP) is 2.21. The SMILES string of the molecule is CCCNCC(C)(O)c1cc(C)ccc1OC. The minimum absolute atomic E-state index is 0.528. The topological polar surface area (TPSA) is 41.5 Å². The van der Waals surface area contributed by atoms with E-state index in [1.165, 1.54) is 0 Å². The Morgan fingerprint density at radius 1 is 1.41 bits per heavy atom. The van der Waals surface area contributed by atoms with Crippen LogP contribution in [0, 0.1) is 6.92 Å². The van der Waals surface area contributed by atoms with Gasteiger partial charge in [0.1, 0.15) is 11.4 Å². The van der Waals surface area contributed by atoms with E-state index in [1.807, 2.05) is 32.0 Å². The minimum Gasteiger partial charge on any atom is -0.496 e. The predicted molar refractivity (Wildman–Crippen MR) is 70.5 cm³/mol. The van der Waals surface area contributed by atoms with E-state index in [0.717, 1.165) is 29.8 Å². The number of aliphatic hydroxyl groups is 1. The van der Waals surface area contributed by atoms with Crippen molar-refractivity contribution in [3.05, 3.63) is 29.3 Å². The van der Waals surface area contributed by atoms with Crippen LogP contribution >= 0.6 is 0 Å². The second-order valence-corrected chi connectivity index (χ2v) is 4.65. The van der Waals surface area contributed by atoms with Crippen LogP contribution in [-0.4, -0.2) is 25.3 Å². The molecule has 1 aromatic rings. The average Bonchev–Trinajstić information content (AvgIpc) is 2.29. The third kappa shape index (κ3) is 3.72. The molecule has 0 aliphatic carbocycles. The van der Waals surface area contributed by atoms with Gasteiger partial charge in [-0.15, -0.1) is 0 Å². The number of aryl methyl sites for hydroxylation is 1. The molecule has 0 amide bonds. The van der Waals surface area contributed by atoms with Gasteiger partial charge in [0.15, 0.2) is 0 Å². The van der Waals surface area contributed by atoms with Gasteiger partial charge in [-0.05, 0) is 38.9 Å². The lowest BCUT2D eigenvalue weighted by molar-refractivity contribution is 0.0545. The normalized spacial score (nSPS) is 14.4. The summed E-state index contributed by atoms with van der Waals surface area (Å²) in [5, 5.41) is 13.7. The molecule has 0 aliphatic heterocycles. The Morgan fingerprint density at radius 2 is 2.12 bits per heavy atom. The molecule has 0 radical (unpaired) electrons. The van der Waals surface area contributed by atoms with E-state index in [9.17, 15) is 5.11 Å². The molecule has 1 unspecified atom stereocenters. The molecule has 96 valence electrons. The van der Waals surface area contributed by atoms with Crippen molar-refractivity contribution >= 4 is 0 Å². The van der Waals surface area contributed by atoms with E-state index in [1.54, 1.807) is 7.11 Å². The van der Waals surface area contributed by atoms with Crippen molar-refractivity contribution in [3.8, 4) is 5.75 Å². The van der Waals surface area contributed by atoms with Gasteiger partial charge >= 0.3 is 0 Å². The Labute approximate surface area is 104 Å². The second kappa shape index (κ2) is 6.03. The van der Waals surface area contributed by atoms with Crippen LogP contribution < -0.4 is 10.1 Å². The third-order valence-electron chi connectivity index (χ3n) is 2.83. The first-order valence-electron chi connectivity index (χ1n) is 6.09. The smallest absolute Gasteiger partial charge is 0.125 e. The van der Waals surface area contributed by atoms with E-state index in [0.29, 0.717) is 6.54 Å². The molecular formula is C14H23NO2. The van der Waals surface area contributed by atoms with Crippen LogP contribution in [0.25, 0.3) is 0 Å². The van der Waals surface area contributed by atoms with Gasteiger partial charge in [-0.3, -0.25) is 0 Å². The number of rotatable bonds is 6. The molecule has 0 aromatic heterocycles. The van der Waals surface area contributed by atoms with Crippen molar-refractivity contribution in [3.63, 3.8) is 0 Å². The fourth-order valence-electron chi connectivity index (χ4n) is 1.85. The van der Waals surface area contributed by atoms with Crippen molar-refractivity contribution in [1.82, 2.24) is 5.32 Å². The van der Waals surface area contributed by atoms with Crippen molar-refractivity contribution in [2.24, 2.45) is 0 Å². The molecule has 0 heterocycles. The van der Waals surface area contributed by atoms with E-state index >= 15 is 0 Å². The highest BCUT2D eigenvalue weighted by Gasteiger charge is 2.26. The highest BCUT2D eigenvalue weighted by molar-refractivity contribution is 5.40. The van der Waals surface area contributed by atoms with Gasteiger partial charge in [0, 0.05) is 12.1 Å².